The van der Waals surface area contributed by atoms with Gasteiger partial charge in [0, 0.05) is 0 Å². The molecule has 100 valence electrons. The number of alkyl halides is 4. The van der Waals surface area contributed by atoms with Crippen LogP contribution in [0.1, 0.15) is 10.4 Å². The molecule has 0 N–H and O–H groups in total. The number of methoxy groups -OCH3 is 2. The van der Waals surface area contributed by atoms with Gasteiger partial charge in [0.05, 0.1) is 19.8 Å². The SMILES string of the molecule is COc1ccc(OC)c(C(=O)C(F)(F)C(F)F)c1. The van der Waals surface area contributed by atoms with Gasteiger partial charge in [-0.25, -0.2) is 8.78 Å². The molecule has 0 saturated heterocycles. The summed E-state index contributed by atoms with van der Waals surface area (Å²) in [6.45, 7) is 0. The van der Waals surface area contributed by atoms with Crippen LogP contribution in [-0.4, -0.2) is 32.4 Å². The van der Waals surface area contributed by atoms with E-state index in [1.54, 1.807) is 0 Å². The first-order chi connectivity index (χ1) is 8.34. The highest BCUT2D eigenvalue weighted by Crippen LogP contribution is 2.33. The van der Waals surface area contributed by atoms with E-state index in [-0.39, 0.29) is 11.5 Å². The van der Waals surface area contributed by atoms with Crippen LogP contribution in [0.4, 0.5) is 17.6 Å². The van der Waals surface area contributed by atoms with E-state index >= 15 is 0 Å². The Labute approximate surface area is 100 Å². The molecule has 18 heavy (non-hydrogen) atoms. The zero-order valence-electron chi connectivity index (χ0n) is 9.55. The minimum absolute atomic E-state index is 0.0872. The standard InChI is InChI=1S/C11H10F4O3/c1-17-6-3-4-8(18-2)7(5-6)9(16)11(14,15)10(12)13/h3-5,10H,1-2H3. The van der Waals surface area contributed by atoms with E-state index in [1.165, 1.54) is 19.2 Å². The molecule has 3 nitrogen and oxygen atoms in total. The second-order valence-electron chi connectivity index (χ2n) is 3.32. The van der Waals surface area contributed by atoms with Gasteiger partial charge in [-0.1, -0.05) is 0 Å². The van der Waals surface area contributed by atoms with E-state index in [0.717, 1.165) is 13.2 Å². The van der Waals surface area contributed by atoms with Gasteiger partial charge in [-0.05, 0) is 18.2 Å². The van der Waals surface area contributed by atoms with Gasteiger partial charge in [-0.2, -0.15) is 8.78 Å². The Hall–Kier alpha value is -1.79. The van der Waals surface area contributed by atoms with Crippen molar-refractivity contribution in [3.63, 3.8) is 0 Å². The summed E-state index contributed by atoms with van der Waals surface area (Å²) in [6, 6.07) is 3.47. The Morgan fingerprint density at radius 3 is 2.28 bits per heavy atom. The van der Waals surface area contributed by atoms with Crippen LogP contribution in [0.15, 0.2) is 18.2 Å². The number of ether oxygens (including phenoxy) is 2. The van der Waals surface area contributed by atoms with Gasteiger partial charge in [0.2, 0.25) is 5.78 Å². The van der Waals surface area contributed by atoms with Gasteiger partial charge in [0.15, 0.2) is 0 Å². The summed E-state index contributed by atoms with van der Waals surface area (Å²) in [4.78, 5) is 11.4. The Bertz CT molecular complexity index is 446. The molecule has 0 unspecified atom stereocenters. The minimum Gasteiger partial charge on any atom is -0.497 e. The predicted molar refractivity (Wildman–Crippen MR) is 54.8 cm³/mol. The van der Waals surface area contributed by atoms with Crippen LogP contribution in [0.2, 0.25) is 0 Å². The molecular weight excluding hydrogens is 256 g/mol. The fraction of sp³-hybridized carbons (Fsp3) is 0.364. The third-order valence-electron chi connectivity index (χ3n) is 2.23. The van der Waals surface area contributed by atoms with Crippen molar-refractivity contribution in [1.82, 2.24) is 0 Å². The van der Waals surface area contributed by atoms with E-state index in [1.807, 2.05) is 0 Å². The van der Waals surface area contributed by atoms with Crippen LogP contribution in [0.3, 0.4) is 0 Å². The summed E-state index contributed by atoms with van der Waals surface area (Å²) >= 11 is 0. The average molecular weight is 266 g/mol. The second kappa shape index (κ2) is 5.24. The number of halogens is 4. The quantitative estimate of drug-likeness (QED) is 0.607. The summed E-state index contributed by atoms with van der Waals surface area (Å²) in [7, 11) is 2.39. The van der Waals surface area contributed by atoms with Crippen molar-refractivity contribution in [2.24, 2.45) is 0 Å². The number of hydrogen-bond acceptors (Lipinski definition) is 3. The fourth-order valence-corrected chi connectivity index (χ4v) is 1.27. The lowest BCUT2D eigenvalue weighted by atomic mass is 10.0. The first-order valence-electron chi connectivity index (χ1n) is 4.77. The van der Waals surface area contributed by atoms with E-state index in [2.05, 4.69) is 4.74 Å². The number of hydrogen-bond donors (Lipinski definition) is 0. The summed E-state index contributed by atoms with van der Waals surface area (Å²) in [5.74, 6) is -6.90. The molecule has 0 aromatic heterocycles. The first-order valence-corrected chi connectivity index (χ1v) is 4.77. The molecule has 0 saturated carbocycles. The van der Waals surface area contributed by atoms with Crippen LogP contribution >= 0.6 is 0 Å². The molecule has 0 amide bonds. The van der Waals surface area contributed by atoms with Gasteiger partial charge < -0.3 is 9.47 Å². The van der Waals surface area contributed by atoms with Crippen molar-refractivity contribution in [3.05, 3.63) is 23.8 Å². The number of benzene rings is 1. The zero-order valence-corrected chi connectivity index (χ0v) is 9.55. The fourth-order valence-electron chi connectivity index (χ4n) is 1.27. The van der Waals surface area contributed by atoms with Gasteiger partial charge in [0.25, 0.3) is 0 Å². The van der Waals surface area contributed by atoms with E-state index in [0.29, 0.717) is 0 Å². The molecule has 0 aliphatic heterocycles. The van der Waals surface area contributed by atoms with Gasteiger partial charge in [-0.15, -0.1) is 0 Å². The Balaban J connectivity index is 3.26. The van der Waals surface area contributed by atoms with Crippen molar-refractivity contribution < 1.29 is 31.8 Å². The number of Topliss-reactive ketones (excluding diaryl/α,β-unsaturated/α-hetero) is 1. The normalized spacial score (nSPS) is 11.5. The van der Waals surface area contributed by atoms with Crippen LogP contribution < -0.4 is 9.47 Å². The molecule has 0 spiro atoms. The predicted octanol–water partition coefficient (Wildman–Crippen LogP) is 2.79. The molecule has 7 heteroatoms. The smallest absolute Gasteiger partial charge is 0.369 e. The Kier molecular flexibility index (Phi) is 4.15. The summed E-state index contributed by atoms with van der Waals surface area (Å²) < 4.78 is 59.6. The summed E-state index contributed by atoms with van der Waals surface area (Å²) in [6.07, 6.45) is -4.08. The molecular formula is C11H10F4O3. The summed E-state index contributed by atoms with van der Waals surface area (Å²) in [5.41, 5.74) is -0.651. The van der Waals surface area contributed by atoms with Gasteiger partial charge >= 0.3 is 12.3 Å². The molecule has 1 aromatic carbocycles. The maximum atomic E-state index is 13.0. The van der Waals surface area contributed by atoms with Crippen molar-refractivity contribution >= 4 is 5.78 Å². The highest BCUT2D eigenvalue weighted by atomic mass is 19.3. The first kappa shape index (κ1) is 14.3. The summed E-state index contributed by atoms with van der Waals surface area (Å²) in [5, 5.41) is 0. The lowest BCUT2D eigenvalue weighted by Crippen LogP contribution is -2.36. The van der Waals surface area contributed by atoms with Crippen molar-refractivity contribution in [3.8, 4) is 11.5 Å². The maximum absolute atomic E-state index is 13.0. The van der Waals surface area contributed by atoms with Crippen molar-refractivity contribution in [2.75, 3.05) is 14.2 Å². The third kappa shape index (κ3) is 2.55. The number of rotatable bonds is 5. The molecule has 0 heterocycles. The molecule has 0 aliphatic carbocycles. The molecule has 0 atom stereocenters. The zero-order chi connectivity index (χ0) is 13.9. The molecule has 1 aromatic rings. The lowest BCUT2D eigenvalue weighted by molar-refractivity contribution is -0.0959. The lowest BCUT2D eigenvalue weighted by Gasteiger charge is -2.16. The Morgan fingerprint density at radius 1 is 1.22 bits per heavy atom. The van der Waals surface area contributed by atoms with Gasteiger partial charge in [0.1, 0.15) is 11.5 Å². The van der Waals surface area contributed by atoms with E-state index in [4.69, 9.17) is 4.74 Å². The molecule has 0 bridgehead atoms. The van der Waals surface area contributed by atoms with Crippen molar-refractivity contribution in [1.29, 1.82) is 0 Å². The van der Waals surface area contributed by atoms with Crippen molar-refractivity contribution in [2.45, 2.75) is 12.3 Å². The number of ketones is 1. The maximum Gasteiger partial charge on any atom is 0.369 e. The number of carbonyl (C=O) groups excluding carboxylic acids is 1. The highest BCUT2D eigenvalue weighted by molar-refractivity contribution is 6.04. The van der Waals surface area contributed by atoms with Crippen LogP contribution in [0.5, 0.6) is 11.5 Å². The largest absolute Gasteiger partial charge is 0.497 e. The van der Waals surface area contributed by atoms with Gasteiger partial charge in [-0.3, -0.25) is 4.79 Å². The Morgan fingerprint density at radius 2 is 1.83 bits per heavy atom. The van der Waals surface area contributed by atoms with E-state index < -0.39 is 23.7 Å². The highest BCUT2D eigenvalue weighted by Gasteiger charge is 2.50. The van der Waals surface area contributed by atoms with E-state index in [9.17, 15) is 22.4 Å². The topological polar surface area (TPSA) is 35.5 Å². The number of carbonyl (C=O) groups is 1. The third-order valence-corrected chi connectivity index (χ3v) is 2.23. The van der Waals surface area contributed by atoms with Crippen LogP contribution in [-0.2, 0) is 0 Å². The molecule has 0 fully saturated rings. The average Bonchev–Trinajstić information content (AvgIpc) is 2.36. The molecule has 0 aliphatic rings. The minimum atomic E-state index is -4.76. The molecule has 0 radical (unpaired) electrons. The van der Waals surface area contributed by atoms with Crippen LogP contribution in [0, 0.1) is 0 Å². The van der Waals surface area contributed by atoms with Crippen LogP contribution in [0.25, 0.3) is 0 Å². The second-order valence-corrected chi connectivity index (χ2v) is 3.32. The monoisotopic (exact) mass is 266 g/mol. The molecule has 1 rings (SSSR count).